The van der Waals surface area contributed by atoms with Gasteiger partial charge in [0.15, 0.2) is 0 Å². The first-order chi connectivity index (χ1) is 6.74. The Hall–Kier alpha value is -0.680. The van der Waals surface area contributed by atoms with E-state index in [0.717, 1.165) is 19.6 Å². The molecule has 1 N–H and O–H groups in total. The fraction of sp³-hybridized carbons (Fsp3) is 0.667. The van der Waals surface area contributed by atoms with Crippen molar-refractivity contribution >= 4 is 10.8 Å². The molecule has 1 aromatic heterocycles. The number of hydrogen-bond acceptors (Lipinski definition) is 3. The van der Waals surface area contributed by atoms with Gasteiger partial charge < -0.3 is 9.88 Å². The summed E-state index contributed by atoms with van der Waals surface area (Å²) in [6.45, 7) is 4.62. The summed E-state index contributed by atoms with van der Waals surface area (Å²) in [6.07, 6.45) is 5.41. The van der Waals surface area contributed by atoms with Crippen LogP contribution in [0.15, 0.2) is 12.5 Å². The average molecular weight is 215 g/mol. The number of aromatic nitrogens is 2. The number of hydrogen-bond donors (Lipinski definition) is 1. The van der Waals surface area contributed by atoms with Gasteiger partial charge >= 0.3 is 0 Å². The number of nitrogens with zero attached hydrogens (tertiary/aromatic N) is 2. The number of nitrogens with one attached hydrogen (secondary N) is 1. The van der Waals surface area contributed by atoms with Gasteiger partial charge in [-0.05, 0) is 6.92 Å². The molecule has 0 aliphatic heterocycles. The molecule has 1 aromatic rings. The van der Waals surface area contributed by atoms with E-state index in [4.69, 9.17) is 0 Å². The van der Waals surface area contributed by atoms with E-state index in [9.17, 15) is 4.21 Å². The van der Waals surface area contributed by atoms with Crippen molar-refractivity contribution in [3.63, 3.8) is 0 Å². The maximum atomic E-state index is 10.8. The highest BCUT2D eigenvalue weighted by Gasteiger charge is 1.99. The van der Waals surface area contributed by atoms with E-state index in [2.05, 4.69) is 21.8 Å². The Bertz CT molecular complexity index is 298. The second-order valence-corrected chi connectivity index (χ2v) is 4.68. The lowest BCUT2D eigenvalue weighted by Gasteiger charge is -2.05. The SMILES string of the molecule is CCn1cncc1CNCCS(C)=O. The van der Waals surface area contributed by atoms with Crippen molar-refractivity contribution in [2.45, 2.75) is 20.0 Å². The van der Waals surface area contributed by atoms with Crippen LogP contribution < -0.4 is 5.32 Å². The summed E-state index contributed by atoms with van der Waals surface area (Å²) in [5.41, 5.74) is 1.18. The summed E-state index contributed by atoms with van der Waals surface area (Å²) in [5.74, 6) is 0.709. The topological polar surface area (TPSA) is 46.9 Å². The van der Waals surface area contributed by atoms with Gasteiger partial charge in [-0.25, -0.2) is 4.98 Å². The standard InChI is InChI=1S/C9H17N3OS/c1-3-12-8-11-7-9(12)6-10-4-5-14(2)13/h7-8,10H,3-6H2,1-2H3. The Balaban J connectivity index is 2.27. The number of aryl methyl sites for hydroxylation is 1. The summed E-state index contributed by atoms with van der Waals surface area (Å²) in [6, 6.07) is 0. The van der Waals surface area contributed by atoms with E-state index in [1.165, 1.54) is 5.69 Å². The molecular weight excluding hydrogens is 198 g/mol. The first kappa shape index (κ1) is 11.4. The summed E-state index contributed by atoms with van der Waals surface area (Å²) in [5, 5.41) is 3.24. The van der Waals surface area contributed by atoms with Crippen LogP contribution in [0.25, 0.3) is 0 Å². The van der Waals surface area contributed by atoms with Crippen LogP contribution in [0.5, 0.6) is 0 Å². The van der Waals surface area contributed by atoms with Gasteiger partial charge in [0.1, 0.15) is 0 Å². The second-order valence-electron chi connectivity index (χ2n) is 3.13. The third-order valence-corrected chi connectivity index (χ3v) is 2.79. The maximum Gasteiger partial charge on any atom is 0.0948 e. The maximum absolute atomic E-state index is 10.8. The van der Waals surface area contributed by atoms with E-state index in [1.54, 1.807) is 6.26 Å². The molecule has 0 saturated carbocycles. The Labute approximate surface area is 87.2 Å². The summed E-state index contributed by atoms with van der Waals surface area (Å²) < 4.78 is 12.9. The zero-order valence-corrected chi connectivity index (χ0v) is 9.51. The molecule has 80 valence electrons. The lowest BCUT2D eigenvalue weighted by atomic mass is 10.4. The molecule has 0 spiro atoms. The summed E-state index contributed by atoms with van der Waals surface area (Å²) >= 11 is 0. The van der Waals surface area contributed by atoms with Crippen molar-refractivity contribution in [3.8, 4) is 0 Å². The molecule has 1 rings (SSSR count). The van der Waals surface area contributed by atoms with E-state index in [-0.39, 0.29) is 0 Å². The van der Waals surface area contributed by atoms with Gasteiger partial charge in [0, 0.05) is 48.6 Å². The molecule has 5 heteroatoms. The molecule has 14 heavy (non-hydrogen) atoms. The van der Waals surface area contributed by atoms with Gasteiger partial charge in [0.2, 0.25) is 0 Å². The average Bonchev–Trinajstić information content (AvgIpc) is 2.59. The second kappa shape index (κ2) is 5.93. The normalized spacial score (nSPS) is 13.0. The Morgan fingerprint density at radius 2 is 2.43 bits per heavy atom. The first-order valence-corrected chi connectivity index (χ1v) is 6.46. The van der Waals surface area contributed by atoms with Crippen molar-refractivity contribution in [3.05, 3.63) is 18.2 Å². The van der Waals surface area contributed by atoms with Gasteiger partial charge in [-0.2, -0.15) is 0 Å². The Morgan fingerprint density at radius 3 is 3.07 bits per heavy atom. The van der Waals surface area contributed by atoms with E-state index >= 15 is 0 Å². The molecule has 1 atom stereocenters. The summed E-state index contributed by atoms with van der Waals surface area (Å²) in [4.78, 5) is 4.07. The van der Waals surface area contributed by atoms with Crippen LogP contribution in [-0.2, 0) is 23.9 Å². The van der Waals surface area contributed by atoms with E-state index in [1.807, 2.05) is 12.5 Å². The van der Waals surface area contributed by atoms with Crippen LogP contribution in [0.4, 0.5) is 0 Å². The summed E-state index contributed by atoms with van der Waals surface area (Å²) in [7, 11) is -0.706. The van der Waals surface area contributed by atoms with Crippen molar-refractivity contribution in [2.75, 3.05) is 18.6 Å². The zero-order valence-electron chi connectivity index (χ0n) is 8.69. The van der Waals surface area contributed by atoms with Crippen LogP contribution in [0, 0.1) is 0 Å². The highest BCUT2D eigenvalue weighted by Crippen LogP contribution is 1.97. The molecule has 1 heterocycles. The van der Waals surface area contributed by atoms with Gasteiger partial charge in [0.05, 0.1) is 12.0 Å². The lowest BCUT2D eigenvalue weighted by Crippen LogP contribution is -2.21. The molecule has 0 aliphatic carbocycles. The largest absolute Gasteiger partial charge is 0.334 e. The number of rotatable bonds is 6. The zero-order chi connectivity index (χ0) is 10.4. The molecule has 0 saturated heterocycles. The van der Waals surface area contributed by atoms with Gasteiger partial charge in [-0.1, -0.05) is 0 Å². The molecule has 0 amide bonds. The molecule has 4 nitrogen and oxygen atoms in total. The van der Waals surface area contributed by atoms with Gasteiger partial charge in [0.25, 0.3) is 0 Å². The molecule has 0 aliphatic rings. The third-order valence-electron chi connectivity index (χ3n) is 2.01. The van der Waals surface area contributed by atoms with Crippen molar-refractivity contribution < 1.29 is 4.21 Å². The van der Waals surface area contributed by atoms with Crippen LogP contribution >= 0.6 is 0 Å². The predicted octanol–water partition coefficient (Wildman–Crippen LogP) is 0.371. The lowest BCUT2D eigenvalue weighted by molar-refractivity contribution is 0.641. The Morgan fingerprint density at radius 1 is 1.64 bits per heavy atom. The molecule has 0 fully saturated rings. The molecule has 0 aromatic carbocycles. The fourth-order valence-electron chi connectivity index (χ4n) is 1.21. The quantitative estimate of drug-likeness (QED) is 0.698. The van der Waals surface area contributed by atoms with E-state index < -0.39 is 10.8 Å². The van der Waals surface area contributed by atoms with Gasteiger partial charge in [-0.3, -0.25) is 4.21 Å². The molecule has 0 radical (unpaired) electrons. The third kappa shape index (κ3) is 3.59. The van der Waals surface area contributed by atoms with Crippen LogP contribution in [0.2, 0.25) is 0 Å². The highest BCUT2D eigenvalue weighted by molar-refractivity contribution is 7.84. The monoisotopic (exact) mass is 215 g/mol. The first-order valence-electron chi connectivity index (χ1n) is 4.73. The van der Waals surface area contributed by atoms with E-state index in [0.29, 0.717) is 5.75 Å². The van der Waals surface area contributed by atoms with Crippen LogP contribution in [0.3, 0.4) is 0 Å². The minimum absolute atomic E-state index is 0.706. The minimum Gasteiger partial charge on any atom is -0.334 e. The smallest absolute Gasteiger partial charge is 0.0948 e. The molecule has 0 bridgehead atoms. The number of imidazole rings is 1. The van der Waals surface area contributed by atoms with Crippen LogP contribution in [-0.4, -0.2) is 32.3 Å². The fourth-order valence-corrected chi connectivity index (χ4v) is 1.64. The van der Waals surface area contributed by atoms with Crippen molar-refractivity contribution in [1.82, 2.24) is 14.9 Å². The highest BCUT2D eigenvalue weighted by atomic mass is 32.2. The Kier molecular flexibility index (Phi) is 4.82. The minimum atomic E-state index is -0.706. The molecule has 1 unspecified atom stereocenters. The van der Waals surface area contributed by atoms with Crippen LogP contribution in [0.1, 0.15) is 12.6 Å². The van der Waals surface area contributed by atoms with Crippen molar-refractivity contribution in [1.29, 1.82) is 0 Å². The molecular formula is C9H17N3OS. The predicted molar refractivity (Wildman–Crippen MR) is 58.5 cm³/mol. The van der Waals surface area contributed by atoms with Gasteiger partial charge in [-0.15, -0.1) is 0 Å². The van der Waals surface area contributed by atoms with Crippen molar-refractivity contribution in [2.24, 2.45) is 0 Å².